The number of amides is 2. The van der Waals surface area contributed by atoms with Gasteiger partial charge in [0, 0.05) is 5.69 Å². The average molecular weight is 365 g/mol. The second-order valence-corrected chi connectivity index (χ2v) is 5.95. The topological polar surface area (TPSA) is 88.1 Å². The van der Waals surface area contributed by atoms with Crippen molar-refractivity contribution in [3.63, 3.8) is 0 Å². The molecule has 2 aromatic rings. The highest BCUT2D eigenvalue weighted by molar-refractivity contribution is 6.28. The van der Waals surface area contributed by atoms with E-state index in [0.717, 1.165) is 0 Å². The first-order valence-corrected chi connectivity index (χ1v) is 8.53. The quantitative estimate of drug-likeness (QED) is 0.652. The predicted molar refractivity (Wildman–Crippen MR) is 102 cm³/mol. The third-order valence-corrected chi connectivity index (χ3v) is 4.04. The fourth-order valence-corrected chi connectivity index (χ4v) is 2.77. The number of para-hydroxylation sites is 1. The third kappa shape index (κ3) is 3.87. The summed E-state index contributed by atoms with van der Waals surface area (Å²) in [5, 5.41) is 8.13. The van der Waals surface area contributed by atoms with Crippen LogP contribution in [0.2, 0.25) is 0 Å². The first-order valence-electron chi connectivity index (χ1n) is 8.53. The number of benzene rings is 2. The maximum absolute atomic E-state index is 12.7. The molecule has 1 unspecified atom stereocenters. The monoisotopic (exact) mass is 365 g/mol. The summed E-state index contributed by atoms with van der Waals surface area (Å²) < 4.78 is 4.95. The Balaban J connectivity index is 1.75. The van der Waals surface area contributed by atoms with E-state index in [-0.39, 0.29) is 6.61 Å². The molecule has 0 saturated carbocycles. The van der Waals surface area contributed by atoms with Crippen molar-refractivity contribution in [2.45, 2.75) is 13.8 Å². The number of nitrogens with one attached hydrogen (secondary N) is 1. The van der Waals surface area contributed by atoms with Crippen LogP contribution in [0, 0.1) is 5.92 Å². The highest BCUT2D eigenvalue weighted by Crippen LogP contribution is 2.24. The Hall–Kier alpha value is -3.48. The van der Waals surface area contributed by atoms with Gasteiger partial charge in [0.2, 0.25) is 5.91 Å². The van der Waals surface area contributed by atoms with E-state index in [2.05, 4.69) is 10.4 Å². The standard InChI is InChI=1S/C20H19N3O4/c1-3-27-20(26)14-8-7-9-15(12-14)21-18(24)17-13(2)22-23(19(17)25)16-10-5-4-6-11-16/h4-12,17H,3H2,1-2H3,(H,21,24). The molecule has 1 N–H and O–H groups in total. The summed E-state index contributed by atoms with van der Waals surface area (Å²) in [7, 11) is 0. The SMILES string of the molecule is CCOC(=O)c1cccc(NC(=O)C2C(=O)N(c3ccccc3)N=C2C)c1. The highest BCUT2D eigenvalue weighted by Gasteiger charge is 2.39. The van der Waals surface area contributed by atoms with Crippen LogP contribution in [0.5, 0.6) is 0 Å². The Labute approximate surface area is 156 Å². The summed E-state index contributed by atoms with van der Waals surface area (Å²) in [6, 6.07) is 15.3. The van der Waals surface area contributed by atoms with Crippen molar-refractivity contribution < 1.29 is 19.1 Å². The Kier molecular flexibility index (Phi) is 5.30. The van der Waals surface area contributed by atoms with E-state index in [9.17, 15) is 14.4 Å². The molecular weight excluding hydrogens is 346 g/mol. The van der Waals surface area contributed by atoms with Crippen molar-refractivity contribution in [3.05, 3.63) is 60.2 Å². The van der Waals surface area contributed by atoms with Crippen LogP contribution in [-0.2, 0) is 14.3 Å². The van der Waals surface area contributed by atoms with Gasteiger partial charge in [-0.3, -0.25) is 9.59 Å². The molecule has 0 fully saturated rings. The van der Waals surface area contributed by atoms with Crippen molar-refractivity contribution >= 4 is 34.9 Å². The van der Waals surface area contributed by atoms with Gasteiger partial charge in [-0.15, -0.1) is 0 Å². The molecule has 0 bridgehead atoms. The lowest BCUT2D eigenvalue weighted by molar-refractivity contribution is -0.127. The number of nitrogens with zero attached hydrogens (tertiary/aromatic N) is 2. The molecule has 2 amide bonds. The van der Waals surface area contributed by atoms with Crippen LogP contribution in [0.25, 0.3) is 0 Å². The zero-order chi connectivity index (χ0) is 19.4. The number of hydrazone groups is 1. The lowest BCUT2D eigenvalue weighted by Gasteiger charge is -2.14. The smallest absolute Gasteiger partial charge is 0.338 e. The van der Waals surface area contributed by atoms with Crippen LogP contribution in [0.3, 0.4) is 0 Å². The number of carbonyl (C=O) groups excluding carboxylic acids is 3. The van der Waals surface area contributed by atoms with Gasteiger partial charge in [-0.1, -0.05) is 24.3 Å². The van der Waals surface area contributed by atoms with E-state index in [1.54, 1.807) is 56.3 Å². The molecule has 2 aromatic carbocycles. The van der Waals surface area contributed by atoms with E-state index in [0.29, 0.717) is 22.6 Å². The minimum Gasteiger partial charge on any atom is -0.462 e. The molecule has 0 radical (unpaired) electrons. The first kappa shape index (κ1) is 18.3. The van der Waals surface area contributed by atoms with Crippen molar-refractivity contribution in [3.8, 4) is 0 Å². The molecule has 138 valence electrons. The number of ether oxygens (including phenoxy) is 1. The van der Waals surface area contributed by atoms with E-state index in [1.807, 2.05) is 6.07 Å². The summed E-state index contributed by atoms with van der Waals surface area (Å²) in [5.41, 5.74) is 1.73. The molecule has 0 aromatic heterocycles. The Bertz CT molecular complexity index is 908. The number of hydrogen-bond acceptors (Lipinski definition) is 5. The summed E-state index contributed by atoms with van der Waals surface area (Å²) in [5.74, 6) is -2.41. The summed E-state index contributed by atoms with van der Waals surface area (Å²) >= 11 is 0. The van der Waals surface area contributed by atoms with E-state index in [1.165, 1.54) is 11.1 Å². The van der Waals surface area contributed by atoms with Gasteiger partial charge in [-0.05, 0) is 44.2 Å². The van der Waals surface area contributed by atoms with Crippen LogP contribution >= 0.6 is 0 Å². The molecule has 1 aliphatic heterocycles. The Morgan fingerprint density at radius 1 is 1.15 bits per heavy atom. The van der Waals surface area contributed by atoms with E-state index in [4.69, 9.17) is 4.74 Å². The van der Waals surface area contributed by atoms with Crippen LogP contribution < -0.4 is 10.3 Å². The van der Waals surface area contributed by atoms with Crippen molar-refractivity contribution in [2.24, 2.45) is 11.0 Å². The molecule has 1 atom stereocenters. The summed E-state index contributed by atoms with van der Waals surface area (Å²) in [4.78, 5) is 37.2. The Morgan fingerprint density at radius 2 is 1.89 bits per heavy atom. The fraction of sp³-hybridized carbons (Fsp3) is 0.200. The minimum atomic E-state index is -1.02. The van der Waals surface area contributed by atoms with Gasteiger partial charge in [0.05, 0.1) is 23.6 Å². The van der Waals surface area contributed by atoms with Gasteiger partial charge in [0.1, 0.15) is 0 Å². The molecular formula is C20H19N3O4. The summed E-state index contributed by atoms with van der Waals surface area (Å²) in [6.45, 7) is 3.62. The zero-order valence-corrected chi connectivity index (χ0v) is 15.0. The molecule has 3 rings (SSSR count). The molecule has 7 heteroatoms. The zero-order valence-electron chi connectivity index (χ0n) is 15.0. The Morgan fingerprint density at radius 3 is 2.59 bits per heavy atom. The van der Waals surface area contributed by atoms with E-state index < -0.39 is 23.7 Å². The van der Waals surface area contributed by atoms with Crippen molar-refractivity contribution in [1.29, 1.82) is 0 Å². The fourth-order valence-electron chi connectivity index (χ4n) is 2.77. The number of rotatable bonds is 5. The van der Waals surface area contributed by atoms with Gasteiger partial charge >= 0.3 is 5.97 Å². The van der Waals surface area contributed by atoms with E-state index >= 15 is 0 Å². The second kappa shape index (κ2) is 7.82. The third-order valence-electron chi connectivity index (χ3n) is 4.04. The number of carbonyl (C=O) groups is 3. The number of esters is 1. The van der Waals surface area contributed by atoms with Crippen LogP contribution in [0.15, 0.2) is 59.7 Å². The van der Waals surface area contributed by atoms with Crippen molar-refractivity contribution in [1.82, 2.24) is 0 Å². The molecule has 1 heterocycles. The maximum Gasteiger partial charge on any atom is 0.338 e. The number of hydrogen-bond donors (Lipinski definition) is 1. The van der Waals surface area contributed by atoms with Gasteiger partial charge < -0.3 is 10.1 Å². The first-order chi connectivity index (χ1) is 13.0. The molecule has 0 spiro atoms. The normalized spacial score (nSPS) is 16.1. The van der Waals surface area contributed by atoms with Gasteiger partial charge in [-0.25, -0.2) is 4.79 Å². The second-order valence-electron chi connectivity index (χ2n) is 5.95. The molecule has 27 heavy (non-hydrogen) atoms. The van der Waals surface area contributed by atoms with Crippen LogP contribution in [-0.4, -0.2) is 30.1 Å². The van der Waals surface area contributed by atoms with Gasteiger partial charge in [-0.2, -0.15) is 10.1 Å². The average Bonchev–Trinajstić information content (AvgIpc) is 2.97. The maximum atomic E-state index is 12.7. The minimum absolute atomic E-state index is 0.261. The van der Waals surface area contributed by atoms with Gasteiger partial charge in [0.25, 0.3) is 5.91 Å². The molecule has 1 aliphatic rings. The molecule has 7 nitrogen and oxygen atoms in total. The van der Waals surface area contributed by atoms with Crippen molar-refractivity contribution in [2.75, 3.05) is 16.9 Å². The molecule has 0 aliphatic carbocycles. The summed E-state index contributed by atoms with van der Waals surface area (Å²) in [6.07, 6.45) is 0. The van der Waals surface area contributed by atoms with Crippen LogP contribution in [0.1, 0.15) is 24.2 Å². The lowest BCUT2D eigenvalue weighted by atomic mass is 10.0. The van der Waals surface area contributed by atoms with Crippen LogP contribution in [0.4, 0.5) is 11.4 Å². The largest absolute Gasteiger partial charge is 0.462 e. The predicted octanol–water partition coefficient (Wildman–Crippen LogP) is 2.84. The highest BCUT2D eigenvalue weighted by atomic mass is 16.5. The van der Waals surface area contributed by atoms with Gasteiger partial charge in [0.15, 0.2) is 5.92 Å². The number of anilines is 2. The molecule has 0 saturated heterocycles. The lowest BCUT2D eigenvalue weighted by Crippen LogP contribution is -2.36.